The Hall–Kier alpha value is -1.16. The van der Waals surface area contributed by atoms with Crippen LogP contribution in [-0.2, 0) is 0 Å². The molecule has 0 bridgehead atoms. The molecular weight excluding hydrogens is 284 g/mol. The number of halogens is 3. The summed E-state index contributed by atoms with van der Waals surface area (Å²) in [6, 6.07) is 1.09. The molecule has 0 aliphatic carbocycles. The summed E-state index contributed by atoms with van der Waals surface area (Å²) in [7, 11) is 0. The van der Waals surface area contributed by atoms with Crippen LogP contribution in [0.3, 0.4) is 0 Å². The van der Waals surface area contributed by atoms with E-state index < -0.39 is 17.5 Å². The number of rotatable bonds is 2. The van der Waals surface area contributed by atoms with E-state index in [-0.39, 0.29) is 16.6 Å². The van der Waals surface area contributed by atoms with Crippen LogP contribution in [-0.4, -0.2) is 23.4 Å². The van der Waals surface area contributed by atoms with Crippen molar-refractivity contribution in [1.82, 2.24) is 4.90 Å². The van der Waals surface area contributed by atoms with E-state index in [0.717, 1.165) is 31.7 Å². The van der Waals surface area contributed by atoms with Crippen molar-refractivity contribution in [2.75, 3.05) is 6.54 Å². The molecule has 20 heavy (non-hydrogen) atoms. The normalized spacial score (nSPS) is 19.2. The smallest absolute Gasteiger partial charge is 0.258 e. The van der Waals surface area contributed by atoms with E-state index in [0.29, 0.717) is 12.1 Å². The largest absolute Gasteiger partial charge is 0.336 e. The summed E-state index contributed by atoms with van der Waals surface area (Å²) in [6.45, 7) is 4.13. The molecule has 0 unspecified atom stereocenters. The molecule has 1 aromatic rings. The van der Waals surface area contributed by atoms with Crippen LogP contribution >= 0.6 is 11.6 Å². The summed E-state index contributed by atoms with van der Waals surface area (Å²) in [4.78, 5) is 14.2. The van der Waals surface area contributed by atoms with Gasteiger partial charge in [-0.3, -0.25) is 4.79 Å². The molecule has 1 saturated heterocycles. The minimum Gasteiger partial charge on any atom is -0.336 e. The number of benzene rings is 1. The second-order valence-electron chi connectivity index (χ2n) is 5.23. The van der Waals surface area contributed by atoms with Gasteiger partial charge in [-0.2, -0.15) is 0 Å². The zero-order chi connectivity index (χ0) is 14.9. The molecule has 0 saturated carbocycles. The molecule has 1 atom stereocenters. The van der Waals surface area contributed by atoms with Crippen molar-refractivity contribution >= 4 is 17.5 Å². The maximum absolute atomic E-state index is 14.0. The van der Waals surface area contributed by atoms with Gasteiger partial charge in [0.05, 0.1) is 10.6 Å². The van der Waals surface area contributed by atoms with E-state index in [1.165, 1.54) is 0 Å². The molecular formula is C15H18ClF2NO. The van der Waals surface area contributed by atoms with Gasteiger partial charge in [0.1, 0.15) is 0 Å². The van der Waals surface area contributed by atoms with Crippen LogP contribution < -0.4 is 0 Å². The SMILES string of the molecule is CC[C@H]1CCCCN1C(=O)c1c(F)c(F)cc(C)c1Cl. The third kappa shape index (κ3) is 2.66. The van der Waals surface area contributed by atoms with E-state index in [4.69, 9.17) is 11.6 Å². The molecule has 1 aliphatic heterocycles. The van der Waals surface area contributed by atoms with Crippen LogP contribution in [0.5, 0.6) is 0 Å². The van der Waals surface area contributed by atoms with Crippen LogP contribution in [0.2, 0.25) is 5.02 Å². The number of amides is 1. The van der Waals surface area contributed by atoms with E-state index in [1.54, 1.807) is 11.8 Å². The quantitative estimate of drug-likeness (QED) is 0.745. The summed E-state index contributed by atoms with van der Waals surface area (Å²) in [5, 5.41) is 0.00864. The highest BCUT2D eigenvalue weighted by Crippen LogP contribution is 2.29. The Labute approximate surface area is 122 Å². The molecule has 2 nitrogen and oxygen atoms in total. The van der Waals surface area contributed by atoms with E-state index in [2.05, 4.69) is 0 Å². The van der Waals surface area contributed by atoms with Crippen molar-refractivity contribution in [2.45, 2.75) is 45.6 Å². The van der Waals surface area contributed by atoms with Crippen molar-refractivity contribution in [3.05, 3.63) is 33.9 Å². The first-order valence-corrected chi connectivity index (χ1v) is 7.30. The Morgan fingerprint density at radius 2 is 2.15 bits per heavy atom. The second kappa shape index (κ2) is 6.08. The number of carbonyl (C=O) groups is 1. The number of hydrogen-bond acceptors (Lipinski definition) is 1. The molecule has 2 rings (SSSR count). The molecule has 1 fully saturated rings. The summed E-state index contributed by atoms with van der Waals surface area (Å²) in [5.74, 6) is -2.67. The van der Waals surface area contributed by atoms with E-state index >= 15 is 0 Å². The monoisotopic (exact) mass is 301 g/mol. The zero-order valence-corrected chi connectivity index (χ0v) is 12.4. The van der Waals surface area contributed by atoms with E-state index in [1.807, 2.05) is 6.92 Å². The van der Waals surface area contributed by atoms with Crippen LogP contribution in [0.1, 0.15) is 48.5 Å². The van der Waals surface area contributed by atoms with Crippen LogP contribution in [0.4, 0.5) is 8.78 Å². The van der Waals surface area contributed by atoms with E-state index in [9.17, 15) is 13.6 Å². The molecule has 1 aliphatic rings. The fraction of sp³-hybridized carbons (Fsp3) is 0.533. The average Bonchev–Trinajstić information content (AvgIpc) is 2.45. The number of hydrogen-bond donors (Lipinski definition) is 0. The predicted molar refractivity (Wildman–Crippen MR) is 75.1 cm³/mol. The van der Waals surface area contributed by atoms with Crippen molar-refractivity contribution in [1.29, 1.82) is 0 Å². The fourth-order valence-electron chi connectivity index (χ4n) is 2.75. The molecule has 5 heteroatoms. The van der Waals surface area contributed by atoms with Crippen molar-refractivity contribution in [3.8, 4) is 0 Å². The third-order valence-electron chi connectivity index (χ3n) is 3.91. The first-order chi connectivity index (χ1) is 9.47. The molecule has 0 aromatic heterocycles. The third-order valence-corrected chi connectivity index (χ3v) is 4.40. The Morgan fingerprint density at radius 3 is 2.80 bits per heavy atom. The molecule has 0 radical (unpaired) electrons. The first kappa shape index (κ1) is 15.2. The standard InChI is InChI=1S/C15H18ClF2NO/c1-3-10-6-4-5-7-19(10)15(20)12-13(16)9(2)8-11(17)14(12)18/h8,10H,3-7H2,1-2H3/t10-/m0/s1. The average molecular weight is 302 g/mol. The minimum atomic E-state index is -1.15. The molecule has 0 spiro atoms. The van der Waals surface area contributed by atoms with Gasteiger partial charge in [0, 0.05) is 12.6 Å². The van der Waals surface area contributed by atoms with Gasteiger partial charge in [0.15, 0.2) is 11.6 Å². The van der Waals surface area contributed by atoms with Gasteiger partial charge < -0.3 is 4.90 Å². The lowest BCUT2D eigenvalue weighted by Gasteiger charge is -2.35. The summed E-state index contributed by atoms with van der Waals surface area (Å²) >= 11 is 6.02. The maximum Gasteiger partial charge on any atom is 0.258 e. The van der Waals surface area contributed by atoms with Crippen LogP contribution in [0.15, 0.2) is 6.07 Å². The van der Waals surface area contributed by atoms with Crippen molar-refractivity contribution < 1.29 is 13.6 Å². The number of nitrogens with zero attached hydrogens (tertiary/aromatic N) is 1. The number of piperidine rings is 1. The van der Waals surface area contributed by atoms with Gasteiger partial charge >= 0.3 is 0 Å². The topological polar surface area (TPSA) is 20.3 Å². The van der Waals surface area contributed by atoms with Crippen LogP contribution in [0.25, 0.3) is 0 Å². The fourth-order valence-corrected chi connectivity index (χ4v) is 2.97. The van der Waals surface area contributed by atoms with Gasteiger partial charge in [-0.1, -0.05) is 18.5 Å². The molecule has 110 valence electrons. The van der Waals surface area contributed by atoms with Gasteiger partial charge in [-0.25, -0.2) is 8.78 Å². The number of aryl methyl sites for hydroxylation is 1. The molecule has 1 amide bonds. The van der Waals surface area contributed by atoms with Gasteiger partial charge in [-0.05, 0) is 44.2 Å². The maximum atomic E-state index is 14.0. The second-order valence-corrected chi connectivity index (χ2v) is 5.61. The highest BCUT2D eigenvalue weighted by atomic mass is 35.5. The minimum absolute atomic E-state index is 0.00864. The lowest BCUT2D eigenvalue weighted by atomic mass is 9.98. The number of carbonyl (C=O) groups excluding carboxylic acids is 1. The zero-order valence-electron chi connectivity index (χ0n) is 11.7. The predicted octanol–water partition coefficient (Wildman–Crippen LogP) is 4.33. The van der Waals surface area contributed by atoms with Gasteiger partial charge in [0.25, 0.3) is 5.91 Å². The molecule has 0 N–H and O–H groups in total. The highest BCUT2D eigenvalue weighted by Gasteiger charge is 2.31. The van der Waals surface area contributed by atoms with Crippen LogP contribution in [0, 0.1) is 18.6 Å². The molecule has 1 aromatic carbocycles. The summed E-state index contributed by atoms with van der Waals surface area (Å²) in [6.07, 6.45) is 3.64. The summed E-state index contributed by atoms with van der Waals surface area (Å²) in [5.41, 5.74) is 0.0449. The Balaban J connectivity index is 2.42. The Bertz CT molecular complexity index is 507. The summed E-state index contributed by atoms with van der Waals surface area (Å²) < 4.78 is 27.5. The first-order valence-electron chi connectivity index (χ1n) is 6.92. The van der Waals surface area contributed by atoms with Crippen molar-refractivity contribution in [2.24, 2.45) is 0 Å². The lowest BCUT2D eigenvalue weighted by molar-refractivity contribution is 0.0602. The van der Waals surface area contributed by atoms with Gasteiger partial charge in [0.2, 0.25) is 0 Å². The number of likely N-dealkylation sites (tertiary alicyclic amines) is 1. The lowest BCUT2D eigenvalue weighted by Crippen LogP contribution is -2.43. The Morgan fingerprint density at radius 1 is 1.45 bits per heavy atom. The highest BCUT2D eigenvalue weighted by molar-refractivity contribution is 6.34. The van der Waals surface area contributed by atoms with Crippen molar-refractivity contribution in [3.63, 3.8) is 0 Å². The van der Waals surface area contributed by atoms with Gasteiger partial charge in [-0.15, -0.1) is 0 Å². The Kier molecular flexibility index (Phi) is 4.63. The molecule has 1 heterocycles.